The summed E-state index contributed by atoms with van der Waals surface area (Å²) in [6, 6.07) is 15.8. The predicted octanol–water partition coefficient (Wildman–Crippen LogP) is 2.55. The number of carbonyl (C=O) groups is 4. The maximum absolute atomic E-state index is 12.5. The van der Waals surface area contributed by atoms with Gasteiger partial charge >= 0.3 is 5.97 Å². The lowest BCUT2D eigenvalue weighted by atomic mass is 10.1. The highest BCUT2D eigenvalue weighted by Crippen LogP contribution is 2.28. The van der Waals surface area contributed by atoms with Crippen LogP contribution >= 0.6 is 0 Å². The third-order valence-corrected chi connectivity index (χ3v) is 4.53. The summed E-state index contributed by atoms with van der Waals surface area (Å²) in [5, 5.41) is 2.56. The Morgan fingerprint density at radius 1 is 0.900 bits per heavy atom. The zero-order chi connectivity index (χ0) is 21.1. The van der Waals surface area contributed by atoms with Crippen molar-refractivity contribution in [2.24, 2.45) is 0 Å². The number of rotatable bonds is 6. The summed E-state index contributed by atoms with van der Waals surface area (Å²) < 4.78 is 10.1. The molecule has 30 heavy (non-hydrogen) atoms. The van der Waals surface area contributed by atoms with E-state index in [1.807, 2.05) is 0 Å². The van der Waals surface area contributed by atoms with Gasteiger partial charge in [-0.05, 0) is 48.5 Å². The molecule has 0 aliphatic carbocycles. The predicted molar refractivity (Wildman–Crippen MR) is 105 cm³/mol. The zero-order valence-corrected chi connectivity index (χ0v) is 15.7. The molecule has 2 heterocycles. The van der Waals surface area contributed by atoms with Crippen molar-refractivity contribution < 1.29 is 28.3 Å². The molecule has 0 spiro atoms. The molecule has 0 fully saturated rings. The Bertz CT molecular complexity index is 1080. The SMILES string of the molecule is O=C(COC(=O)c1ccc(N2C(=O)c3ccccc3C2=O)cc1)NCc1ccco1. The van der Waals surface area contributed by atoms with E-state index in [4.69, 9.17) is 9.15 Å². The lowest BCUT2D eigenvalue weighted by Gasteiger charge is -2.14. The van der Waals surface area contributed by atoms with Gasteiger partial charge in [0.25, 0.3) is 17.7 Å². The number of ether oxygens (including phenoxy) is 1. The van der Waals surface area contributed by atoms with Gasteiger partial charge < -0.3 is 14.5 Å². The summed E-state index contributed by atoms with van der Waals surface area (Å²) in [7, 11) is 0. The average Bonchev–Trinajstić information content (AvgIpc) is 3.38. The maximum atomic E-state index is 12.5. The molecule has 8 nitrogen and oxygen atoms in total. The Hall–Kier alpha value is -4.20. The largest absolute Gasteiger partial charge is 0.467 e. The van der Waals surface area contributed by atoms with E-state index in [9.17, 15) is 19.2 Å². The fourth-order valence-electron chi connectivity index (χ4n) is 3.03. The second-order valence-corrected chi connectivity index (χ2v) is 6.47. The molecule has 0 saturated heterocycles. The molecular formula is C22H16N2O6. The third kappa shape index (κ3) is 3.70. The molecule has 3 aromatic rings. The first kappa shape index (κ1) is 19.1. The number of carbonyl (C=O) groups excluding carboxylic acids is 4. The maximum Gasteiger partial charge on any atom is 0.338 e. The Morgan fingerprint density at radius 2 is 1.57 bits per heavy atom. The number of fused-ring (bicyclic) bond motifs is 1. The first-order valence-electron chi connectivity index (χ1n) is 9.08. The topological polar surface area (TPSA) is 106 Å². The van der Waals surface area contributed by atoms with Gasteiger partial charge in [-0.2, -0.15) is 0 Å². The molecule has 1 aromatic heterocycles. The Morgan fingerprint density at radius 3 is 2.17 bits per heavy atom. The molecule has 0 unspecified atom stereocenters. The van der Waals surface area contributed by atoms with Gasteiger partial charge in [0, 0.05) is 0 Å². The summed E-state index contributed by atoms with van der Waals surface area (Å²) in [4.78, 5) is 50.0. The van der Waals surface area contributed by atoms with Gasteiger partial charge in [-0.1, -0.05) is 12.1 Å². The van der Waals surface area contributed by atoms with Crippen molar-refractivity contribution in [2.75, 3.05) is 11.5 Å². The molecular weight excluding hydrogens is 388 g/mol. The Balaban J connectivity index is 1.35. The van der Waals surface area contributed by atoms with Crippen LogP contribution in [0.4, 0.5) is 5.69 Å². The number of furan rings is 1. The van der Waals surface area contributed by atoms with Gasteiger partial charge in [-0.25, -0.2) is 9.69 Å². The van der Waals surface area contributed by atoms with Crippen molar-refractivity contribution >= 4 is 29.4 Å². The summed E-state index contributed by atoms with van der Waals surface area (Å²) in [5.74, 6) is -1.42. The normalized spacial score (nSPS) is 12.6. The van der Waals surface area contributed by atoms with Gasteiger partial charge in [0.1, 0.15) is 5.76 Å². The monoisotopic (exact) mass is 404 g/mol. The van der Waals surface area contributed by atoms with Gasteiger partial charge in [0.2, 0.25) is 0 Å². The number of esters is 1. The molecule has 2 aromatic carbocycles. The lowest BCUT2D eigenvalue weighted by Crippen LogP contribution is -2.29. The number of hydrogen-bond donors (Lipinski definition) is 1. The van der Waals surface area contributed by atoms with E-state index >= 15 is 0 Å². The number of imide groups is 1. The minimum atomic E-state index is -0.697. The summed E-state index contributed by atoms with van der Waals surface area (Å²) in [6.45, 7) is -0.252. The van der Waals surface area contributed by atoms with E-state index < -0.39 is 30.3 Å². The highest BCUT2D eigenvalue weighted by atomic mass is 16.5. The van der Waals surface area contributed by atoms with Crippen LogP contribution in [0.1, 0.15) is 36.8 Å². The van der Waals surface area contributed by atoms with Crippen LogP contribution in [-0.2, 0) is 16.1 Å². The minimum Gasteiger partial charge on any atom is -0.467 e. The lowest BCUT2D eigenvalue weighted by molar-refractivity contribution is -0.124. The number of anilines is 1. The number of nitrogens with one attached hydrogen (secondary N) is 1. The van der Waals surface area contributed by atoms with Crippen molar-refractivity contribution in [1.82, 2.24) is 5.32 Å². The fraction of sp³-hybridized carbons (Fsp3) is 0.0909. The van der Waals surface area contributed by atoms with Crippen LogP contribution in [0, 0.1) is 0 Å². The number of benzene rings is 2. The Kier molecular flexibility index (Phi) is 5.13. The first-order valence-corrected chi connectivity index (χ1v) is 9.08. The molecule has 1 aliphatic heterocycles. The van der Waals surface area contributed by atoms with Crippen LogP contribution in [0.15, 0.2) is 71.3 Å². The van der Waals surface area contributed by atoms with Crippen LogP contribution in [0.3, 0.4) is 0 Å². The molecule has 0 radical (unpaired) electrons. The second-order valence-electron chi connectivity index (χ2n) is 6.47. The van der Waals surface area contributed by atoms with Crippen LogP contribution < -0.4 is 10.2 Å². The van der Waals surface area contributed by atoms with Crippen molar-refractivity contribution in [2.45, 2.75) is 6.54 Å². The zero-order valence-electron chi connectivity index (χ0n) is 15.7. The first-order chi connectivity index (χ1) is 14.5. The van der Waals surface area contributed by atoms with E-state index in [-0.39, 0.29) is 12.1 Å². The molecule has 1 N–H and O–H groups in total. The molecule has 0 bridgehead atoms. The molecule has 3 amide bonds. The second kappa shape index (κ2) is 8.04. The number of hydrogen-bond acceptors (Lipinski definition) is 6. The van der Waals surface area contributed by atoms with Crippen LogP contribution in [0.5, 0.6) is 0 Å². The molecule has 4 rings (SSSR count). The van der Waals surface area contributed by atoms with Crippen molar-refractivity contribution in [1.29, 1.82) is 0 Å². The fourth-order valence-corrected chi connectivity index (χ4v) is 3.03. The summed E-state index contributed by atoms with van der Waals surface area (Å²) in [5.41, 5.74) is 1.21. The van der Waals surface area contributed by atoms with Crippen LogP contribution in [0.25, 0.3) is 0 Å². The average molecular weight is 404 g/mol. The van der Waals surface area contributed by atoms with Crippen LogP contribution in [-0.4, -0.2) is 30.3 Å². The van der Waals surface area contributed by atoms with E-state index in [1.54, 1.807) is 36.4 Å². The highest BCUT2D eigenvalue weighted by molar-refractivity contribution is 6.34. The minimum absolute atomic E-state index is 0.189. The van der Waals surface area contributed by atoms with Gasteiger partial charge in [-0.15, -0.1) is 0 Å². The van der Waals surface area contributed by atoms with Crippen molar-refractivity contribution in [3.05, 3.63) is 89.4 Å². The molecule has 8 heteroatoms. The Labute approximate surface area is 171 Å². The number of amides is 3. The summed E-state index contributed by atoms with van der Waals surface area (Å²) in [6.07, 6.45) is 1.49. The highest BCUT2D eigenvalue weighted by Gasteiger charge is 2.36. The van der Waals surface area contributed by atoms with E-state index in [1.165, 1.54) is 30.5 Å². The van der Waals surface area contributed by atoms with Crippen molar-refractivity contribution in [3.63, 3.8) is 0 Å². The molecule has 0 atom stereocenters. The quantitative estimate of drug-likeness (QED) is 0.500. The van der Waals surface area contributed by atoms with E-state index in [0.717, 1.165) is 4.90 Å². The molecule has 1 aliphatic rings. The number of nitrogens with zero attached hydrogens (tertiary/aromatic N) is 1. The molecule has 150 valence electrons. The third-order valence-electron chi connectivity index (χ3n) is 4.53. The molecule has 0 saturated carbocycles. The van der Waals surface area contributed by atoms with Gasteiger partial charge in [0.15, 0.2) is 6.61 Å². The standard InChI is InChI=1S/C22H16N2O6/c25-19(23-12-16-4-3-11-29-16)13-30-22(28)14-7-9-15(10-8-14)24-20(26)17-5-1-2-6-18(17)21(24)27/h1-11H,12-13H2,(H,23,25). The van der Waals surface area contributed by atoms with E-state index in [0.29, 0.717) is 22.6 Å². The smallest absolute Gasteiger partial charge is 0.338 e. The van der Waals surface area contributed by atoms with Crippen molar-refractivity contribution in [3.8, 4) is 0 Å². The van der Waals surface area contributed by atoms with Crippen LogP contribution in [0.2, 0.25) is 0 Å². The van der Waals surface area contributed by atoms with E-state index in [2.05, 4.69) is 5.32 Å². The summed E-state index contributed by atoms with van der Waals surface area (Å²) >= 11 is 0. The van der Waals surface area contributed by atoms with Gasteiger partial charge in [0.05, 0.1) is 35.2 Å². The van der Waals surface area contributed by atoms with Gasteiger partial charge in [-0.3, -0.25) is 14.4 Å².